The lowest BCUT2D eigenvalue weighted by Crippen LogP contribution is -2.36. The van der Waals surface area contributed by atoms with Crippen molar-refractivity contribution in [1.29, 1.82) is 0 Å². The van der Waals surface area contributed by atoms with Crippen molar-refractivity contribution in [1.82, 2.24) is 4.90 Å². The standard InChI is InChI=1S/C15H19NO3/c1-10-5-6-13(14(18)8-10)15(19)16-7-3-4-12(16)9-11(2)17/h5-6,8,12,18H,3-4,7,9H2,1-2H3. The zero-order valence-corrected chi connectivity index (χ0v) is 11.3. The summed E-state index contributed by atoms with van der Waals surface area (Å²) in [4.78, 5) is 25.4. The Hall–Kier alpha value is -1.84. The molecular weight excluding hydrogens is 242 g/mol. The molecule has 1 fully saturated rings. The zero-order chi connectivity index (χ0) is 14.0. The molecule has 0 radical (unpaired) electrons. The fourth-order valence-electron chi connectivity index (χ4n) is 2.62. The van der Waals surface area contributed by atoms with Crippen molar-refractivity contribution in [3.8, 4) is 5.75 Å². The van der Waals surface area contributed by atoms with Crippen LogP contribution in [0.1, 0.15) is 42.1 Å². The molecule has 1 N–H and O–H groups in total. The highest BCUT2D eigenvalue weighted by Crippen LogP contribution is 2.26. The number of phenols is 1. The molecule has 1 aliphatic heterocycles. The highest BCUT2D eigenvalue weighted by Gasteiger charge is 2.31. The van der Waals surface area contributed by atoms with Crippen LogP contribution in [0.25, 0.3) is 0 Å². The zero-order valence-electron chi connectivity index (χ0n) is 11.3. The van der Waals surface area contributed by atoms with Gasteiger partial charge >= 0.3 is 0 Å². The second-order valence-electron chi connectivity index (χ2n) is 5.22. The molecule has 1 heterocycles. The van der Waals surface area contributed by atoms with Crippen LogP contribution in [0.3, 0.4) is 0 Å². The third-order valence-corrected chi connectivity index (χ3v) is 3.54. The minimum Gasteiger partial charge on any atom is -0.507 e. The highest BCUT2D eigenvalue weighted by atomic mass is 16.3. The Kier molecular flexibility index (Phi) is 3.88. The number of carbonyl (C=O) groups is 2. The minimum atomic E-state index is -0.179. The molecular formula is C15H19NO3. The molecule has 0 aliphatic carbocycles. The second-order valence-corrected chi connectivity index (χ2v) is 5.22. The van der Waals surface area contributed by atoms with E-state index in [1.807, 2.05) is 13.0 Å². The Morgan fingerprint density at radius 2 is 2.16 bits per heavy atom. The van der Waals surface area contributed by atoms with E-state index in [0.717, 1.165) is 18.4 Å². The molecule has 102 valence electrons. The first-order valence-corrected chi connectivity index (χ1v) is 6.59. The molecule has 1 aliphatic rings. The Morgan fingerprint density at radius 1 is 1.42 bits per heavy atom. The number of hydrogen-bond acceptors (Lipinski definition) is 3. The van der Waals surface area contributed by atoms with Crippen LogP contribution < -0.4 is 0 Å². The molecule has 2 rings (SSSR count). The maximum absolute atomic E-state index is 12.4. The number of hydrogen-bond donors (Lipinski definition) is 1. The quantitative estimate of drug-likeness (QED) is 0.908. The van der Waals surface area contributed by atoms with Crippen LogP contribution >= 0.6 is 0 Å². The van der Waals surface area contributed by atoms with Crippen LogP contribution in [0.5, 0.6) is 5.75 Å². The number of aromatic hydroxyl groups is 1. The molecule has 4 heteroatoms. The molecule has 1 amide bonds. The molecule has 0 bridgehead atoms. The lowest BCUT2D eigenvalue weighted by atomic mass is 10.1. The van der Waals surface area contributed by atoms with Gasteiger partial charge in [-0.3, -0.25) is 9.59 Å². The number of aryl methyl sites for hydroxylation is 1. The fourth-order valence-corrected chi connectivity index (χ4v) is 2.62. The van der Waals surface area contributed by atoms with Crippen LogP contribution in [0, 0.1) is 6.92 Å². The van der Waals surface area contributed by atoms with E-state index < -0.39 is 0 Å². The molecule has 1 atom stereocenters. The van der Waals surface area contributed by atoms with Gasteiger partial charge in [0.15, 0.2) is 0 Å². The van der Waals surface area contributed by atoms with E-state index in [2.05, 4.69) is 0 Å². The maximum atomic E-state index is 12.4. The Morgan fingerprint density at radius 3 is 2.79 bits per heavy atom. The van der Waals surface area contributed by atoms with Gasteiger partial charge in [0, 0.05) is 19.0 Å². The fraction of sp³-hybridized carbons (Fsp3) is 0.467. The van der Waals surface area contributed by atoms with Crippen LogP contribution in [-0.2, 0) is 4.79 Å². The van der Waals surface area contributed by atoms with E-state index in [9.17, 15) is 14.7 Å². The monoisotopic (exact) mass is 261 g/mol. The summed E-state index contributed by atoms with van der Waals surface area (Å²) < 4.78 is 0. The Balaban J connectivity index is 2.20. The smallest absolute Gasteiger partial charge is 0.257 e. The van der Waals surface area contributed by atoms with Crippen molar-refractivity contribution in [2.24, 2.45) is 0 Å². The molecule has 4 nitrogen and oxygen atoms in total. The van der Waals surface area contributed by atoms with Crippen molar-refractivity contribution in [3.63, 3.8) is 0 Å². The molecule has 19 heavy (non-hydrogen) atoms. The molecule has 1 saturated heterocycles. The van der Waals surface area contributed by atoms with Gasteiger partial charge in [-0.25, -0.2) is 0 Å². The number of rotatable bonds is 3. The van der Waals surface area contributed by atoms with Gasteiger partial charge in [-0.05, 0) is 44.4 Å². The molecule has 1 unspecified atom stereocenters. The molecule has 1 aromatic carbocycles. The summed E-state index contributed by atoms with van der Waals surface area (Å²) in [5, 5.41) is 9.88. The summed E-state index contributed by atoms with van der Waals surface area (Å²) in [6, 6.07) is 5.02. The van der Waals surface area contributed by atoms with Gasteiger partial charge in [-0.2, -0.15) is 0 Å². The van der Waals surface area contributed by atoms with E-state index in [0.29, 0.717) is 18.5 Å². The van der Waals surface area contributed by atoms with Crippen molar-refractivity contribution in [2.75, 3.05) is 6.54 Å². The highest BCUT2D eigenvalue weighted by molar-refractivity contribution is 5.97. The predicted molar refractivity (Wildman–Crippen MR) is 72.2 cm³/mol. The van der Waals surface area contributed by atoms with Gasteiger partial charge in [-0.1, -0.05) is 6.07 Å². The van der Waals surface area contributed by atoms with Crippen molar-refractivity contribution >= 4 is 11.7 Å². The summed E-state index contributed by atoms with van der Waals surface area (Å²) in [5.74, 6) is -0.0717. The number of Topliss-reactive ketones (excluding diaryl/α,β-unsaturated/α-hetero) is 1. The van der Waals surface area contributed by atoms with Gasteiger partial charge < -0.3 is 10.0 Å². The molecule has 1 aromatic rings. The topological polar surface area (TPSA) is 57.6 Å². The molecule has 0 spiro atoms. The average Bonchev–Trinajstić information content (AvgIpc) is 2.75. The molecule has 0 saturated carbocycles. The lowest BCUT2D eigenvalue weighted by Gasteiger charge is -2.24. The number of carbonyl (C=O) groups excluding carboxylic acids is 2. The van der Waals surface area contributed by atoms with Crippen molar-refractivity contribution in [3.05, 3.63) is 29.3 Å². The predicted octanol–water partition coefficient (Wildman–Crippen LogP) is 2.28. The second kappa shape index (κ2) is 5.43. The van der Waals surface area contributed by atoms with Crippen LogP contribution in [-0.4, -0.2) is 34.3 Å². The molecule has 0 aromatic heterocycles. The first-order chi connectivity index (χ1) is 8.99. The summed E-state index contributed by atoms with van der Waals surface area (Å²) in [6.45, 7) is 4.07. The lowest BCUT2D eigenvalue weighted by molar-refractivity contribution is -0.117. The van der Waals surface area contributed by atoms with E-state index in [1.165, 1.54) is 0 Å². The summed E-state index contributed by atoms with van der Waals surface area (Å²) in [6.07, 6.45) is 2.17. The van der Waals surface area contributed by atoms with E-state index >= 15 is 0 Å². The average molecular weight is 261 g/mol. The first-order valence-electron chi connectivity index (χ1n) is 6.59. The van der Waals surface area contributed by atoms with Crippen LogP contribution in [0.4, 0.5) is 0 Å². The van der Waals surface area contributed by atoms with Crippen LogP contribution in [0.15, 0.2) is 18.2 Å². The van der Waals surface area contributed by atoms with Gasteiger partial charge in [0.05, 0.1) is 5.56 Å². The van der Waals surface area contributed by atoms with E-state index in [-0.39, 0.29) is 23.5 Å². The van der Waals surface area contributed by atoms with E-state index in [4.69, 9.17) is 0 Å². The van der Waals surface area contributed by atoms with E-state index in [1.54, 1.807) is 24.0 Å². The van der Waals surface area contributed by atoms with Gasteiger partial charge in [0.2, 0.25) is 0 Å². The number of benzene rings is 1. The number of nitrogens with zero attached hydrogens (tertiary/aromatic N) is 1. The number of phenolic OH excluding ortho intramolecular Hbond substituents is 1. The Bertz CT molecular complexity index is 510. The number of ketones is 1. The number of amides is 1. The van der Waals surface area contributed by atoms with Gasteiger partial charge in [-0.15, -0.1) is 0 Å². The summed E-state index contributed by atoms with van der Waals surface area (Å²) in [7, 11) is 0. The Labute approximate surface area is 113 Å². The normalized spacial score (nSPS) is 18.6. The van der Waals surface area contributed by atoms with Gasteiger partial charge in [0.25, 0.3) is 5.91 Å². The SMILES string of the molecule is CC(=O)CC1CCCN1C(=O)c1ccc(C)cc1O. The van der Waals surface area contributed by atoms with Gasteiger partial charge in [0.1, 0.15) is 11.5 Å². The third kappa shape index (κ3) is 2.95. The first kappa shape index (κ1) is 13.6. The largest absolute Gasteiger partial charge is 0.507 e. The van der Waals surface area contributed by atoms with Crippen LogP contribution in [0.2, 0.25) is 0 Å². The number of likely N-dealkylation sites (tertiary alicyclic amines) is 1. The summed E-state index contributed by atoms with van der Waals surface area (Å²) in [5.41, 5.74) is 1.23. The summed E-state index contributed by atoms with van der Waals surface area (Å²) >= 11 is 0. The third-order valence-electron chi connectivity index (χ3n) is 3.54. The minimum absolute atomic E-state index is 0.0125. The van der Waals surface area contributed by atoms with Crippen molar-refractivity contribution < 1.29 is 14.7 Å². The maximum Gasteiger partial charge on any atom is 0.257 e. The van der Waals surface area contributed by atoms with Crippen molar-refractivity contribution in [2.45, 2.75) is 39.2 Å².